The fraction of sp³-hybridized carbons (Fsp3) is 0.550. The molecule has 0 aliphatic carbocycles. The van der Waals surface area contributed by atoms with Gasteiger partial charge in [-0.15, -0.1) is 0 Å². The van der Waals surface area contributed by atoms with E-state index in [1.165, 1.54) is 22.3 Å². The van der Waals surface area contributed by atoms with Gasteiger partial charge in [0.25, 0.3) is 0 Å². The molecule has 1 N–H and O–H groups in total. The zero-order valence-corrected chi connectivity index (χ0v) is 15.7. The molecule has 2 aromatic rings. The lowest BCUT2D eigenvalue weighted by Gasteiger charge is -2.38. The Morgan fingerprint density at radius 2 is 1.85 bits per heavy atom. The lowest BCUT2D eigenvalue weighted by atomic mass is 9.77. The number of rotatable bonds is 4. The number of piperidine rings is 1. The summed E-state index contributed by atoms with van der Waals surface area (Å²) in [4.78, 5) is 18.2. The van der Waals surface area contributed by atoms with E-state index in [2.05, 4.69) is 46.3 Å². The predicted octanol–water partition coefficient (Wildman–Crippen LogP) is 2.05. The van der Waals surface area contributed by atoms with Crippen molar-refractivity contribution in [1.82, 2.24) is 25.0 Å². The first kappa shape index (κ1) is 17.2. The van der Waals surface area contributed by atoms with E-state index in [1.54, 1.807) is 12.7 Å². The molecule has 0 saturated carbocycles. The van der Waals surface area contributed by atoms with Crippen LogP contribution in [0.25, 0.3) is 0 Å². The molecule has 1 amide bonds. The molecule has 1 spiro atoms. The maximum atomic E-state index is 11.6. The normalized spacial score (nSPS) is 19.8. The number of amides is 1. The summed E-state index contributed by atoms with van der Waals surface area (Å²) < 4.78 is 1.87. The topological polar surface area (TPSA) is 63.1 Å². The second kappa shape index (κ2) is 6.83. The van der Waals surface area contributed by atoms with Gasteiger partial charge in [-0.1, -0.05) is 12.1 Å². The van der Waals surface area contributed by atoms with Gasteiger partial charge in [0.1, 0.15) is 12.7 Å². The van der Waals surface area contributed by atoms with Crippen LogP contribution in [-0.2, 0) is 17.9 Å². The van der Waals surface area contributed by atoms with Gasteiger partial charge in [0.15, 0.2) is 0 Å². The van der Waals surface area contributed by atoms with Gasteiger partial charge in [-0.2, -0.15) is 5.10 Å². The molecule has 26 heavy (non-hydrogen) atoms. The Hall–Kier alpha value is -2.21. The summed E-state index contributed by atoms with van der Waals surface area (Å²) in [5.41, 5.74) is 5.56. The highest BCUT2D eigenvalue weighted by molar-refractivity contribution is 5.79. The number of aromatic nitrogens is 3. The highest BCUT2D eigenvalue weighted by Gasteiger charge is 2.40. The Labute approximate surface area is 154 Å². The van der Waals surface area contributed by atoms with E-state index in [9.17, 15) is 4.79 Å². The SMILES string of the molecule is Cc1cc(C)c(Cn2cncn2)cc1CN1CCC2(CC1)CNC(=O)C2. The van der Waals surface area contributed by atoms with E-state index < -0.39 is 0 Å². The third-order valence-corrected chi connectivity index (χ3v) is 6.10. The molecule has 3 heterocycles. The Morgan fingerprint density at radius 1 is 1.12 bits per heavy atom. The fourth-order valence-electron chi connectivity index (χ4n) is 4.31. The lowest BCUT2D eigenvalue weighted by molar-refractivity contribution is -0.119. The average molecular weight is 353 g/mol. The first-order valence-corrected chi connectivity index (χ1v) is 9.43. The number of benzene rings is 1. The molecule has 2 aliphatic heterocycles. The number of aryl methyl sites for hydroxylation is 2. The van der Waals surface area contributed by atoms with Crippen LogP contribution in [0.5, 0.6) is 0 Å². The van der Waals surface area contributed by atoms with Crippen LogP contribution < -0.4 is 5.32 Å². The van der Waals surface area contributed by atoms with Crippen LogP contribution in [0.1, 0.15) is 41.5 Å². The molecule has 4 rings (SSSR count). The van der Waals surface area contributed by atoms with Crippen LogP contribution in [0.15, 0.2) is 24.8 Å². The van der Waals surface area contributed by atoms with Crippen LogP contribution in [0.3, 0.4) is 0 Å². The van der Waals surface area contributed by atoms with Crippen molar-refractivity contribution in [2.24, 2.45) is 5.41 Å². The van der Waals surface area contributed by atoms with E-state index in [0.717, 1.165) is 45.6 Å². The number of likely N-dealkylation sites (tertiary alicyclic amines) is 1. The smallest absolute Gasteiger partial charge is 0.220 e. The Balaban J connectivity index is 1.44. The van der Waals surface area contributed by atoms with Crippen LogP contribution >= 0.6 is 0 Å². The first-order valence-electron chi connectivity index (χ1n) is 9.43. The van der Waals surface area contributed by atoms with Crippen molar-refractivity contribution in [3.8, 4) is 0 Å². The number of nitrogens with zero attached hydrogens (tertiary/aromatic N) is 4. The minimum absolute atomic E-state index is 0.216. The summed E-state index contributed by atoms with van der Waals surface area (Å²) >= 11 is 0. The highest BCUT2D eigenvalue weighted by atomic mass is 16.1. The maximum Gasteiger partial charge on any atom is 0.220 e. The van der Waals surface area contributed by atoms with Crippen LogP contribution in [-0.4, -0.2) is 45.2 Å². The lowest BCUT2D eigenvalue weighted by Crippen LogP contribution is -2.40. The van der Waals surface area contributed by atoms with E-state index in [-0.39, 0.29) is 11.3 Å². The molecule has 1 aromatic heterocycles. The largest absolute Gasteiger partial charge is 0.356 e. The highest BCUT2D eigenvalue weighted by Crippen LogP contribution is 2.37. The fourth-order valence-corrected chi connectivity index (χ4v) is 4.31. The molecule has 2 aliphatic rings. The number of hydrogen-bond acceptors (Lipinski definition) is 4. The van der Waals surface area contributed by atoms with Crippen molar-refractivity contribution < 1.29 is 4.79 Å². The molecule has 2 fully saturated rings. The number of carbonyl (C=O) groups excluding carboxylic acids is 1. The van der Waals surface area contributed by atoms with Crippen LogP contribution in [0.4, 0.5) is 0 Å². The third kappa shape index (κ3) is 3.51. The third-order valence-electron chi connectivity index (χ3n) is 6.10. The summed E-state index contributed by atoms with van der Waals surface area (Å²) in [6, 6.07) is 4.62. The molecule has 2 saturated heterocycles. The number of nitrogens with one attached hydrogen (secondary N) is 1. The standard InChI is InChI=1S/C20H27N5O/c1-15-7-16(2)18(11-25-14-21-13-23-25)8-17(15)10-24-5-3-20(4-6-24)9-19(26)22-12-20/h7-8,13-14H,3-6,9-12H2,1-2H3,(H,22,26). The summed E-state index contributed by atoms with van der Waals surface area (Å²) in [5.74, 6) is 0.227. The molecule has 0 atom stereocenters. The second-order valence-electron chi connectivity index (χ2n) is 8.03. The molecule has 0 radical (unpaired) electrons. The van der Waals surface area contributed by atoms with Crippen molar-refractivity contribution in [2.75, 3.05) is 19.6 Å². The van der Waals surface area contributed by atoms with Gasteiger partial charge in [0.2, 0.25) is 5.91 Å². The summed E-state index contributed by atoms with van der Waals surface area (Å²) in [7, 11) is 0. The van der Waals surface area contributed by atoms with Gasteiger partial charge in [0.05, 0.1) is 6.54 Å². The number of hydrogen-bond donors (Lipinski definition) is 1. The molecule has 0 unspecified atom stereocenters. The second-order valence-corrected chi connectivity index (χ2v) is 8.03. The molecule has 6 nitrogen and oxygen atoms in total. The first-order chi connectivity index (χ1) is 12.5. The zero-order valence-electron chi connectivity index (χ0n) is 15.7. The van der Waals surface area contributed by atoms with Gasteiger partial charge in [0, 0.05) is 19.5 Å². The molecule has 0 bridgehead atoms. The van der Waals surface area contributed by atoms with Gasteiger partial charge in [-0.25, -0.2) is 9.67 Å². The monoisotopic (exact) mass is 353 g/mol. The van der Waals surface area contributed by atoms with Gasteiger partial charge in [-0.3, -0.25) is 9.69 Å². The molecule has 6 heteroatoms. The summed E-state index contributed by atoms with van der Waals surface area (Å²) in [6.45, 7) is 9.11. The van der Waals surface area contributed by atoms with Crippen LogP contribution in [0.2, 0.25) is 0 Å². The average Bonchev–Trinajstić information content (AvgIpc) is 3.24. The molecule has 138 valence electrons. The Bertz CT molecular complexity index is 791. The maximum absolute atomic E-state index is 11.6. The Kier molecular flexibility index (Phi) is 4.53. The minimum atomic E-state index is 0.216. The van der Waals surface area contributed by atoms with E-state index in [0.29, 0.717) is 6.42 Å². The van der Waals surface area contributed by atoms with E-state index >= 15 is 0 Å². The van der Waals surface area contributed by atoms with Crippen molar-refractivity contribution in [3.05, 3.63) is 47.0 Å². The zero-order chi connectivity index (χ0) is 18.1. The molecular formula is C20H27N5O. The number of carbonyl (C=O) groups is 1. The van der Waals surface area contributed by atoms with Crippen molar-refractivity contribution in [2.45, 2.75) is 46.2 Å². The summed E-state index contributed by atoms with van der Waals surface area (Å²) in [6.07, 6.45) is 6.29. The van der Waals surface area contributed by atoms with Gasteiger partial charge in [-0.05, 0) is 67.4 Å². The van der Waals surface area contributed by atoms with E-state index in [4.69, 9.17) is 0 Å². The van der Waals surface area contributed by atoms with Crippen molar-refractivity contribution >= 4 is 5.91 Å². The van der Waals surface area contributed by atoms with Gasteiger partial charge < -0.3 is 5.32 Å². The predicted molar refractivity (Wildman–Crippen MR) is 99.6 cm³/mol. The molecular weight excluding hydrogens is 326 g/mol. The Morgan fingerprint density at radius 3 is 2.46 bits per heavy atom. The van der Waals surface area contributed by atoms with Crippen molar-refractivity contribution in [3.63, 3.8) is 0 Å². The quantitative estimate of drug-likeness (QED) is 0.914. The van der Waals surface area contributed by atoms with Crippen LogP contribution in [0, 0.1) is 19.3 Å². The van der Waals surface area contributed by atoms with Gasteiger partial charge >= 0.3 is 0 Å². The molecule has 1 aromatic carbocycles. The van der Waals surface area contributed by atoms with Crippen molar-refractivity contribution in [1.29, 1.82) is 0 Å². The minimum Gasteiger partial charge on any atom is -0.356 e. The summed E-state index contributed by atoms with van der Waals surface area (Å²) in [5, 5.41) is 7.25. The van der Waals surface area contributed by atoms with E-state index in [1.807, 2.05) is 4.68 Å².